The zero-order valence-electron chi connectivity index (χ0n) is 9.58. The van der Waals surface area contributed by atoms with Crippen molar-refractivity contribution in [1.29, 1.82) is 0 Å². The summed E-state index contributed by atoms with van der Waals surface area (Å²) in [5.41, 5.74) is 0. The normalized spacial score (nSPS) is 19.1. The largest absolute Gasteiger partial charge is 0.394 e. The molecule has 16 heavy (non-hydrogen) atoms. The fraction of sp³-hybridized carbons (Fsp3) is 1.00. The lowest BCUT2D eigenvalue weighted by Crippen LogP contribution is -2.49. The Morgan fingerprint density at radius 1 is 1.00 bits per heavy atom. The van der Waals surface area contributed by atoms with Gasteiger partial charge in [-0.2, -0.15) is 0 Å². The molecule has 0 heterocycles. The number of hydrogen-bond donors (Lipinski definition) is 6. The van der Waals surface area contributed by atoms with Gasteiger partial charge in [0.15, 0.2) is 0 Å². The molecule has 0 aromatic heterocycles. The van der Waals surface area contributed by atoms with E-state index in [-0.39, 0.29) is 6.54 Å². The lowest BCUT2D eigenvalue weighted by molar-refractivity contribution is -0.113. The van der Waals surface area contributed by atoms with Crippen molar-refractivity contribution in [3.05, 3.63) is 0 Å². The molecule has 0 aromatic rings. The van der Waals surface area contributed by atoms with Crippen molar-refractivity contribution in [2.45, 2.75) is 44.2 Å². The summed E-state index contributed by atoms with van der Waals surface area (Å²) in [7, 11) is 0. The Bertz CT molecular complexity index is 169. The van der Waals surface area contributed by atoms with Crippen molar-refractivity contribution in [3.63, 3.8) is 0 Å². The number of aliphatic hydroxyl groups is 5. The molecule has 0 rings (SSSR count). The van der Waals surface area contributed by atoms with Crippen LogP contribution in [0.15, 0.2) is 0 Å². The minimum atomic E-state index is -1.55. The third-order valence-corrected chi connectivity index (χ3v) is 2.39. The van der Waals surface area contributed by atoms with Gasteiger partial charge >= 0.3 is 0 Å². The van der Waals surface area contributed by atoms with E-state index in [0.29, 0.717) is 0 Å². The van der Waals surface area contributed by atoms with Gasteiger partial charge in [0.1, 0.15) is 18.3 Å². The molecule has 0 radical (unpaired) electrons. The first-order valence-electron chi connectivity index (χ1n) is 5.58. The first-order valence-corrected chi connectivity index (χ1v) is 5.58. The van der Waals surface area contributed by atoms with Gasteiger partial charge in [0.05, 0.1) is 12.7 Å². The Morgan fingerprint density at radius 3 is 2.06 bits per heavy atom. The highest BCUT2D eigenvalue weighted by Crippen LogP contribution is 2.04. The Balaban J connectivity index is 3.83. The van der Waals surface area contributed by atoms with E-state index in [0.717, 1.165) is 19.4 Å². The van der Waals surface area contributed by atoms with Gasteiger partial charge in [-0.15, -0.1) is 0 Å². The topological polar surface area (TPSA) is 113 Å². The summed E-state index contributed by atoms with van der Waals surface area (Å²) in [6, 6.07) is 0. The van der Waals surface area contributed by atoms with E-state index in [1.807, 2.05) is 6.92 Å². The average molecular weight is 237 g/mol. The van der Waals surface area contributed by atoms with Crippen LogP contribution in [0.2, 0.25) is 0 Å². The predicted octanol–water partition coefficient (Wildman–Crippen LogP) is -2.19. The molecule has 6 N–H and O–H groups in total. The van der Waals surface area contributed by atoms with Crippen LogP contribution in [0.1, 0.15) is 19.8 Å². The Hall–Kier alpha value is -0.240. The molecule has 98 valence electrons. The van der Waals surface area contributed by atoms with Crippen molar-refractivity contribution >= 4 is 0 Å². The van der Waals surface area contributed by atoms with E-state index in [4.69, 9.17) is 10.2 Å². The lowest BCUT2D eigenvalue weighted by atomic mass is 10.0. The molecule has 0 spiro atoms. The van der Waals surface area contributed by atoms with Crippen molar-refractivity contribution < 1.29 is 25.5 Å². The molecule has 0 fully saturated rings. The fourth-order valence-corrected chi connectivity index (χ4v) is 1.24. The molecule has 6 nitrogen and oxygen atoms in total. The minimum Gasteiger partial charge on any atom is -0.394 e. The number of rotatable bonds is 9. The third-order valence-electron chi connectivity index (χ3n) is 2.39. The molecule has 0 aliphatic carbocycles. The summed E-state index contributed by atoms with van der Waals surface area (Å²) in [6.07, 6.45) is -3.65. The minimum absolute atomic E-state index is 0.135. The van der Waals surface area contributed by atoms with E-state index >= 15 is 0 Å². The lowest BCUT2D eigenvalue weighted by Gasteiger charge is -2.25. The van der Waals surface area contributed by atoms with Gasteiger partial charge in [0.25, 0.3) is 0 Å². The van der Waals surface area contributed by atoms with Gasteiger partial charge in [0, 0.05) is 6.54 Å². The number of hydrogen-bond acceptors (Lipinski definition) is 6. The molecule has 0 amide bonds. The highest BCUT2D eigenvalue weighted by Gasteiger charge is 2.29. The number of nitrogens with one attached hydrogen (secondary N) is 1. The van der Waals surface area contributed by atoms with Crippen molar-refractivity contribution in [1.82, 2.24) is 5.32 Å². The highest BCUT2D eigenvalue weighted by molar-refractivity contribution is 4.81. The summed E-state index contributed by atoms with van der Waals surface area (Å²) in [5, 5.41) is 48.8. The maximum Gasteiger partial charge on any atom is 0.111 e. The molecular weight excluding hydrogens is 214 g/mol. The van der Waals surface area contributed by atoms with E-state index in [9.17, 15) is 15.3 Å². The maximum absolute atomic E-state index is 9.47. The molecule has 0 aliphatic heterocycles. The zero-order chi connectivity index (χ0) is 12.6. The first kappa shape index (κ1) is 15.8. The van der Waals surface area contributed by atoms with Gasteiger partial charge in [-0.3, -0.25) is 0 Å². The smallest absolute Gasteiger partial charge is 0.111 e. The molecule has 0 bridgehead atoms. The van der Waals surface area contributed by atoms with Gasteiger partial charge in [0.2, 0.25) is 0 Å². The summed E-state index contributed by atoms with van der Waals surface area (Å²) in [6.45, 7) is 2.23. The van der Waals surface area contributed by atoms with Crippen LogP contribution in [0.5, 0.6) is 0 Å². The Labute approximate surface area is 95.5 Å². The number of aliphatic hydroxyl groups excluding tert-OH is 5. The summed E-state index contributed by atoms with van der Waals surface area (Å²) in [4.78, 5) is 0. The van der Waals surface area contributed by atoms with Crippen LogP contribution in [0.25, 0.3) is 0 Å². The highest BCUT2D eigenvalue weighted by atomic mass is 16.4. The number of unbranched alkanes of at least 4 members (excludes halogenated alkanes) is 1. The Kier molecular flexibility index (Phi) is 8.73. The SMILES string of the molecule is CCCCNC[C@@H](O)[C@@H](O)[C@H](O)[C@H](O)CO. The van der Waals surface area contributed by atoms with E-state index in [1.165, 1.54) is 0 Å². The predicted molar refractivity (Wildman–Crippen MR) is 58.9 cm³/mol. The summed E-state index contributed by atoms with van der Waals surface area (Å²) < 4.78 is 0. The second-order valence-electron chi connectivity index (χ2n) is 3.86. The van der Waals surface area contributed by atoms with Crippen LogP contribution in [0.4, 0.5) is 0 Å². The first-order chi connectivity index (χ1) is 7.54. The van der Waals surface area contributed by atoms with Crippen LogP contribution >= 0.6 is 0 Å². The van der Waals surface area contributed by atoms with Crippen LogP contribution in [-0.2, 0) is 0 Å². The van der Waals surface area contributed by atoms with Gasteiger partial charge in [-0.1, -0.05) is 13.3 Å². The van der Waals surface area contributed by atoms with E-state index in [1.54, 1.807) is 0 Å². The molecule has 0 aromatic carbocycles. The molecule has 4 atom stereocenters. The van der Waals surface area contributed by atoms with Crippen LogP contribution in [0.3, 0.4) is 0 Å². The van der Waals surface area contributed by atoms with E-state index < -0.39 is 31.0 Å². The molecule has 6 heteroatoms. The molecule has 0 saturated carbocycles. The van der Waals surface area contributed by atoms with Crippen molar-refractivity contribution in [2.24, 2.45) is 0 Å². The fourth-order valence-electron chi connectivity index (χ4n) is 1.24. The second kappa shape index (κ2) is 8.86. The van der Waals surface area contributed by atoms with Gasteiger partial charge in [-0.05, 0) is 13.0 Å². The maximum atomic E-state index is 9.47. The van der Waals surface area contributed by atoms with Crippen LogP contribution in [-0.4, -0.2) is 69.6 Å². The quantitative estimate of drug-likeness (QED) is 0.254. The van der Waals surface area contributed by atoms with Crippen LogP contribution in [0, 0.1) is 0 Å². The van der Waals surface area contributed by atoms with Crippen molar-refractivity contribution in [2.75, 3.05) is 19.7 Å². The standard InChI is InChI=1S/C10H23NO5/c1-2-3-4-11-5-7(13)9(15)10(16)8(14)6-12/h7-16H,2-6H2,1H3/t7-,8-,9-,10-/m1/s1. The second-order valence-corrected chi connectivity index (χ2v) is 3.86. The Morgan fingerprint density at radius 2 is 1.56 bits per heavy atom. The third kappa shape index (κ3) is 5.74. The van der Waals surface area contributed by atoms with Gasteiger partial charge < -0.3 is 30.8 Å². The molecule has 0 saturated heterocycles. The van der Waals surface area contributed by atoms with E-state index in [2.05, 4.69) is 5.32 Å². The average Bonchev–Trinajstić information content (AvgIpc) is 2.31. The molecule has 0 unspecified atom stereocenters. The molecule has 0 aliphatic rings. The molecular formula is C10H23NO5. The van der Waals surface area contributed by atoms with Gasteiger partial charge in [-0.25, -0.2) is 0 Å². The summed E-state index contributed by atoms with van der Waals surface area (Å²) >= 11 is 0. The summed E-state index contributed by atoms with van der Waals surface area (Å²) in [5.74, 6) is 0. The zero-order valence-corrected chi connectivity index (χ0v) is 9.58. The van der Waals surface area contributed by atoms with Crippen molar-refractivity contribution in [3.8, 4) is 0 Å². The monoisotopic (exact) mass is 237 g/mol. The van der Waals surface area contributed by atoms with Crippen LogP contribution < -0.4 is 5.32 Å².